The van der Waals surface area contributed by atoms with Gasteiger partial charge in [-0.1, -0.05) is 19.0 Å². The van der Waals surface area contributed by atoms with Gasteiger partial charge < -0.3 is 10.3 Å². The quantitative estimate of drug-likeness (QED) is 0.520. The van der Waals surface area contributed by atoms with Crippen LogP contribution in [0.1, 0.15) is 71.6 Å². The van der Waals surface area contributed by atoms with Gasteiger partial charge in [-0.25, -0.2) is 0 Å². The van der Waals surface area contributed by atoms with Crippen molar-refractivity contribution in [2.24, 2.45) is 39.7 Å². The first kappa shape index (κ1) is 15.0. The summed E-state index contributed by atoms with van der Waals surface area (Å²) < 4.78 is 0. The molecule has 0 aromatic heterocycles. The number of hydrogen-bond donors (Lipinski definition) is 2. The van der Waals surface area contributed by atoms with Crippen LogP contribution in [0.3, 0.4) is 0 Å². The maximum absolute atomic E-state index is 10.1. The summed E-state index contributed by atoms with van der Waals surface area (Å²) in [4.78, 5) is 0. The maximum Gasteiger partial charge on any atom is 0.0632 e. The molecule has 7 atom stereocenters. The molecule has 0 aromatic carbocycles. The van der Waals surface area contributed by atoms with Gasteiger partial charge in [-0.15, -0.1) is 0 Å². The van der Waals surface area contributed by atoms with E-state index in [2.05, 4.69) is 19.0 Å². The minimum atomic E-state index is -0.0527. The lowest BCUT2D eigenvalue weighted by Gasteiger charge is -2.60. The lowest BCUT2D eigenvalue weighted by atomic mass is 9.45. The first-order valence-electron chi connectivity index (χ1n) is 9.38. The number of fused-ring (bicyclic) bond motifs is 5. The summed E-state index contributed by atoms with van der Waals surface area (Å²) in [5.41, 5.74) is 1.68. The zero-order chi connectivity index (χ0) is 15.5. The highest BCUT2D eigenvalue weighted by atomic mass is 16.4. The molecule has 4 aliphatic rings. The number of nitrogens with zero attached hydrogens (tertiary/aromatic N) is 1. The van der Waals surface area contributed by atoms with E-state index >= 15 is 0 Å². The zero-order valence-electron chi connectivity index (χ0n) is 14.1. The van der Waals surface area contributed by atoms with Crippen molar-refractivity contribution in [3.8, 4) is 0 Å². The van der Waals surface area contributed by atoms with E-state index in [1.54, 1.807) is 0 Å². The van der Waals surface area contributed by atoms with E-state index in [9.17, 15) is 10.3 Å². The summed E-state index contributed by atoms with van der Waals surface area (Å²) in [6.07, 6.45) is 10.5. The summed E-state index contributed by atoms with van der Waals surface area (Å²) >= 11 is 0. The van der Waals surface area contributed by atoms with Crippen LogP contribution in [0.25, 0.3) is 0 Å². The normalized spacial score (nSPS) is 56.3. The third kappa shape index (κ3) is 1.87. The minimum absolute atomic E-state index is 0.0527. The van der Waals surface area contributed by atoms with Gasteiger partial charge in [0.15, 0.2) is 0 Å². The predicted molar refractivity (Wildman–Crippen MR) is 87.0 cm³/mol. The Morgan fingerprint density at radius 3 is 2.59 bits per heavy atom. The van der Waals surface area contributed by atoms with Crippen LogP contribution in [0.2, 0.25) is 0 Å². The molecule has 2 N–H and O–H groups in total. The van der Waals surface area contributed by atoms with Crippen LogP contribution in [-0.2, 0) is 0 Å². The highest BCUT2D eigenvalue weighted by Gasteiger charge is 2.59. The molecule has 0 aromatic rings. The number of rotatable bonds is 0. The topological polar surface area (TPSA) is 52.8 Å². The molecule has 3 nitrogen and oxygen atoms in total. The van der Waals surface area contributed by atoms with Gasteiger partial charge in [-0.3, -0.25) is 0 Å². The van der Waals surface area contributed by atoms with E-state index in [1.807, 2.05) is 0 Å². The van der Waals surface area contributed by atoms with Crippen LogP contribution >= 0.6 is 0 Å². The van der Waals surface area contributed by atoms with Crippen molar-refractivity contribution < 1.29 is 10.3 Å². The summed E-state index contributed by atoms with van der Waals surface area (Å²) in [5, 5.41) is 23.1. The first-order valence-corrected chi connectivity index (χ1v) is 9.38. The van der Waals surface area contributed by atoms with Crippen molar-refractivity contribution in [1.29, 1.82) is 0 Å². The molecule has 0 heterocycles. The lowest BCUT2D eigenvalue weighted by molar-refractivity contribution is -0.114. The van der Waals surface area contributed by atoms with Gasteiger partial charge in [0.05, 0.1) is 11.8 Å². The fraction of sp³-hybridized carbons (Fsp3) is 0.947. The van der Waals surface area contributed by atoms with Crippen molar-refractivity contribution >= 4 is 5.71 Å². The largest absolute Gasteiger partial charge is 0.411 e. The maximum atomic E-state index is 10.1. The molecular formula is C19H31NO2. The average Bonchev–Trinajstić information content (AvgIpc) is 2.84. The van der Waals surface area contributed by atoms with Gasteiger partial charge in [0, 0.05) is 5.41 Å². The van der Waals surface area contributed by atoms with Crippen LogP contribution in [-0.4, -0.2) is 22.1 Å². The monoisotopic (exact) mass is 305 g/mol. The third-order valence-electron chi connectivity index (χ3n) is 8.50. The lowest BCUT2D eigenvalue weighted by Crippen LogP contribution is -2.54. The molecular weight excluding hydrogens is 274 g/mol. The molecule has 124 valence electrons. The molecule has 22 heavy (non-hydrogen) atoms. The molecule has 0 radical (unpaired) electrons. The molecule has 0 bridgehead atoms. The molecule has 0 unspecified atom stereocenters. The molecule has 4 fully saturated rings. The Bertz CT molecular complexity index is 490. The van der Waals surface area contributed by atoms with E-state index in [4.69, 9.17) is 0 Å². The van der Waals surface area contributed by atoms with Crippen molar-refractivity contribution in [2.45, 2.75) is 77.7 Å². The van der Waals surface area contributed by atoms with Crippen LogP contribution in [0.4, 0.5) is 0 Å². The second kappa shape index (κ2) is 4.96. The van der Waals surface area contributed by atoms with Gasteiger partial charge in [-0.2, -0.15) is 0 Å². The van der Waals surface area contributed by atoms with Gasteiger partial charge in [0.25, 0.3) is 0 Å². The van der Waals surface area contributed by atoms with Crippen molar-refractivity contribution in [2.75, 3.05) is 0 Å². The van der Waals surface area contributed by atoms with Crippen LogP contribution in [0, 0.1) is 34.5 Å². The second-order valence-corrected chi connectivity index (χ2v) is 9.13. The van der Waals surface area contributed by atoms with Gasteiger partial charge in [0.1, 0.15) is 0 Å². The summed E-state index contributed by atoms with van der Waals surface area (Å²) in [5.74, 6) is 3.10. The van der Waals surface area contributed by atoms with Gasteiger partial charge in [0.2, 0.25) is 0 Å². The zero-order valence-corrected chi connectivity index (χ0v) is 14.1. The number of hydrogen-bond acceptors (Lipinski definition) is 3. The van der Waals surface area contributed by atoms with Crippen LogP contribution in [0.15, 0.2) is 5.16 Å². The Morgan fingerprint density at radius 1 is 1.00 bits per heavy atom. The van der Waals surface area contributed by atoms with Gasteiger partial charge >= 0.3 is 0 Å². The molecule has 4 saturated carbocycles. The number of oxime groups is 1. The molecule has 0 amide bonds. The fourth-order valence-corrected chi connectivity index (χ4v) is 7.19. The smallest absolute Gasteiger partial charge is 0.0632 e. The Kier molecular flexibility index (Phi) is 3.38. The molecule has 0 spiro atoms. The van der Waals surface area contributed by atoms with E-state index in [1.165, 1.54) is 38.5 Å². The Labute approximate surface area is 134 Å². The Morgan fingerprint density at radius 2 is 1.82 bits per heavy atom. The number of aliphatic hydroxyl groups is 1. The average molecular weight is 305 g/mol. The summed E-state index contributed by atoms with van der Waals surface area (Å²) in [6.45, 7) is 4.88. The molecule has 4 rings (SSSR count). The third-order valence-corrected chi connectivity index (χ3v) is 8.50. The van der Waals surface area contributed by atoms with E-state index < -0.39 is 0 Å². The highest BCUT2D eigenvalue weighted by Crippen LogP contribution is 2.65. The Hall–Kier alpha value is -0.570. The first-order chi connectivity index (χ1) is 10.5. The van der Waals surface area contributed by atoms with E-state index in [0.29, 0.717) is 5.41 Å². The molecule has 4 aliphatic carbocycles. The van der Waals surface area contributed by atoms with E-state index in [0.717, 1.165) is 48.6 Å². The van der Waals surface area contributed by atoms with E-state index in [-0.39, 0.29) is 11.5 Å². The SMILES string of the molecule is C[C@]12CC[C@@H](O)C[C@@H]1CC[C@@H]1[C@@H]2CC[C@]2(C)C(=NO)CC[C@@H]12. The van der Waals surface area contributed by atoms with Crippen molar-refractivity contribution in [3.05, 3.63) is 0 Å². The summed E-state index contributed by atoms with van der Waals surface area (Å²) in [7, 11) is 0. The molecule has 0 aliphatic heterocycles. The number of aliphatic hydroxyl groups excluding tert-OH is 1. The second-order valence-electron chi connectivity index (χ2n) is 9.13. The molecule has 3 heteroatoms. The van der Waals surface area contributed by atoms with Gasteiger partial charge in [-0.05, 0) is 86.9 Å². The predicted octanol–water partition coefficient (Wildman–Crippen LogP) is 4.22. The standard InChI is InChI=1S/C19H31NO2/c1-18-9-7-13(21)11-12(18)3-4-14-15-5-6-17(20-22)19(15,2)10-8-16(14)18/h12-16,21-22H,3-11H2,1-2H3/t12-,13+,14-,15-,16-,18-,19-/m0/s1. The van der Waals surface area contributed by atoms with Crippen LogP contribution in [0.5, 0.6) is 0 Å². The van der Waals surface area contributed by atoms with Crippen LogP contribution < -0.4 is 0 Å². The van der Waals surface area contributed by atoms with Crippen molar-refractivity contribution in [1.82, 2.24) is 0 Å². The Balaban J connectivity index is 1.63. The summed E-state index contributed by atoms with van der Waals surface area (Å²) in [6, 6.07) is 0. The molecule has 0 saturated heterocycles. The fourth-order valence-electron chi connectivity index (χ4n) is 7.19. The van der Waals surface area contributed by atoms with Crippen molar-refractivity contribution in [3.63, 3.8) is 0 Å². The highest BCUT2D eigenvalue weighted by molar-refractivity contribution is 5.91. The minimum Gasteiger partial charge on any atom is -0.411 e.